The predicted molar refractivity (Wildman–Crippen MR) is 81.5 cm³/mol. The fourth-order valence-corrected chi connectivity index (χ4v) is 3.42. The average molecular weight is 324 g/mol. The van der Waals surface area contributed by atoms with E-state index in [2.05, 4.69) is 41.1 Å². The molecule has 2 N–H and O–H groups in total. The zero-order chi connectivity index (χ0) is 13.5. The summed E-state index contributed by atoms with van der Waals surface area (Å²) in [6, 6.07) is 6.67. The zero-order valence-corrected chi connectivity index (χ0v) is 13.1. The van der Waals surface area contributed by atoms with E-state index in [-0.39, 0.29) is 11.5 Å². The van der Waals surface area contributed by atoms with E-state index in [0.717, 1.165) is 22.7 Å². The maximum atomic E-state index is 6.16. The first-order valence-corrected chi connectivity index (χ1v) is 8.09. The standard InChI is InChI=1S/C16H22BrNO/c1-11(18)16(5-6-16)13-7-14(17)9-15(8-13)19-10-12-3-2-4-12/h7-9,11-12H,2-6,10,18H2,1H3. The predicted octanol–water partition coefficient (Wildman–Crippen LogP) is 4.01. The van der Waals surface area contributed by atoms with Crippen LogP contribution in [0.1, 0.15) is 44.6 Å². The molecule has 2 nitrogen and oxygen atoms in total. The summed E-state index contributed by atoms with van der Waals surface area (Å²) in [7, 11) is 0. The Morgan fingerprint density at radius 2 is 2.11 bits per heavy atom. The van der Waals surface area contributed by atoms with Crippen LogP contribution >= 0.6 is 15.9 Å². The Morgan fingerprint density at radius 1 is 1.37 bits per heavy atom. The van der Waals surface area contributed by atoms with Crippen molar-refractivity contribution in [2.24, 2.45) is 11.7 Å². The Hall–Kier alpha value is -0.540. The van der Waals surface area contributed by atoms with Gasteiger partial charge in [0.2, 0.25) is 0 Å². The number of halogens is 1. The van der Waals surface area contributed by atoms with E-state index in [9.17, 15) is 0 Å². The van der Waals surface area contributed by atoms with E-state index in [1.54, 1.807) is 0 Å². The van der Waals surface area contributed by atoms with Crippen molar-refractivity contribution in [1.29, 1.82) is 0 Å². The van der Waals surface area contributed by atoms with Gasteiger partial charge in [0.15, 0.2) is 0 Å². The van der Waals surface area contributed by atoms with Crippen LogP contribution in [0.3, 0.4) is 0 Å². The Bertz CT molecular complexity index is 464. The molecular weight excluding hydrogens is 302 g/mol. The highest BCUT2D eigenvalue weighted by Crippen LogP contribution is 2.51. The third-order valence-corrected chi connectivity index (χ3v) is 5.27. The number of hydrogen-bond donors (Lipinski definition) is 1. The summed E-state index contributed by atoms with van der Waals surface area (Å²) in [5.74, 6) is 1.76. The number of rotatable bonds is 5. The van der Waals surface area contributed by atoms with Crippen LogP contribution in [-0.2, 0) is 5.41 Å². The average Bonchev–Trinajstić information content (AvgIpc) is 3.07. The first kappa shape index (κ1) is 13.4. The van der Waals surface area contributed by atoms with Gasteiger partial charge in [-0.05, 0) is 62.3 Å². The van der Waals surface area contributed by atoms with E-state index in [4.69, 9.17) is 10.5 Å². The second-order valence-corrected chi connectivity index (χ2v) is 7.14. The summed E-state index contributed by atoms with van der Waals surface area (Å²) < 4.78 is 7.06. The van der Waals surface area contributed by atoms with Gasteiger partial charge in [-0.15, -0.1) is 0 Å². The quantitative estimate of drug-likeness (QED) is 0.888. The fraction of sp³-hybridized carbons (Fsp3) is 0.625. The largest absolute Gasteiger partial charge is 0.493 e. The highest BCUT2D eigenvalue weighted by molar-refractivity contribution is 9.10. The minimum Gasteiger partial charge on any atom is -0.493 e. The van der Waals surface area contributed by atoms with Gasteiger partial charge in [0.1, 0.15) is 5.75 Å². The van der Waals surface area contributed by atoms with Crippen molar-refractivity contribution in [2.75, 3.05) is 6.61 Å². The molecule has 0 aliphatic heterocycles. The lowest BCUT2D eigenvalue weighted by molar-refractivity contribution is 0.180. The van der Waals surface area contributed by atoms with Gasteiger partial charge >= 0.3 is 0 Å². The second-order valence-electron chi connectivity index (χ2n) is 6.23. The van der Waals surface area contributed by atoms with E-state index in [1.165, 1.54) is 37.7 Å². The normalized spacial score (nSPS) is 22.7. The summed E-state index contributed by atoms with van der Waals surface area (Å²) in [6.07, 6.45) is 6.41. The smallest absolute Gasteiger partial charge is 0.120 e. The summed E-state index contributed by atoms with van der Waals surface area (Å²) in [5.41, 5.74) is 7.69. The Labute approximate surface area is 123 Å². The molecule has 0 spiro atoms. The van der Waals surface area contributed by atoms with Crippen LogP contribution in [0.25, 0.3) is 0 Å². The van der Waals surface area contributed by atoms with Crippen LogP contribution in [0.15, 0.2) is 22.7 Å². The maximum Gasteiger partial charge on any atom is 0.120 e. The molecule has 3 heteroatoms. The van der Waals surface area contributed by atoms with Crippen molar-refractivity contribution in [3.05, 3.63) is 28.2 Å². The lowest BCUT2D eigenvalue weighted by Gasteiger charge is -2.26. The molecule has 19 heavy (non-hydrogen) atoms. The number of benzene rings is 1. The third kappa shape index (κ3) is 2.68. The molecule has 1 aromatic carbocycles. The van der Waals surface area contributed by atoms with Crippen LogP contribution in [0.2, 0.25) is 0 Å². The second kappa shape index (κ2) is 5.10. The van der Waals surface area contributed by atoms with Gasteiger partial charge in [-0.2, -0.15) is 0 Å². The van der Waals surface area contributed by atoms with Gasteiger partial charge in [-0.1, -0.05) is 22.4 Å². The fourth-order valence-electron chi connectivity index (χ4n) is 2.95. The lowest BCUT2D eigenvalue weighted by Crippen LogP contribution is -2.31. The van der Waals surface area contributed by atoms with Gasteiger partial charge in [-0.25, -0.2) is 0 Å². The monoisotopic (exact) mass is 323 g/mol. The van der Waals surface area contributed by atoms with Crippen LogP contribution in [0.5, 0.6) is 5.75 Å². The first-order chi connectivity index (χ1) is 9.10. The van der Waals surface area contributed by atoms with Gasteiger partial charge in [0.25, 0.3) is 0 Å². The molecule has 0 heterocycles. The molecule has 104 valence electrons. The van der Waals surface area contributed by atoms with Gasteiger partial charge in [0, 0.05) is 15.9 Å². The Balaban J connectivity index is 1.76. The van der Waals surface area contributed by atoms with E-state index in [1.807, 2.05) is 0 Å². The lowest BCUT2D eigenvalue weighted by atomic mass is 9.86. The number of hydrogen-bond acceptors (Lipinski definition) is 2. The molecule has 2 fully saturated rings. The van der Waals surface area contributed by atoms with Gasteiger partial charge < -0.3 is 10.5 Å². The molecule has 0 bridgehead atoms. The molecule has 0 radical (unpaired) electrons. The maximum absolute atomic E-state index is 6.16. The van der Waals surface area contributed by atoms with Crippen molar-refractivity contribution in [1.82, 2.24) is 0 Å². The van der Waals surface area contributed by atoms with Gasteiger partial charge in [0.05, 0.1) is 6.61 Å². The minimum atomic E-state index is 0.193. The SMILES string of the molecule is CC(N)C1(c2cc(Br)cc(OCC3CCC3)c2)CC1. The molecule has 0 saturated heterocycles. The molecular formula is C16H22BrNO. The summed E-state index contributed by atoms with van der Waals surface area (Å²) in [5, 5.41) is 0. The molecule has 1 unspecified atom stereocenters. The van der Waals surface area contributed by atoms with Gasteiger partial charge in [-0.3, -0.25) is 0 Å². The summed E-state index contributed by atoms with van der Waals surface area (Å²) >= 11 is 3.60. The van der Waals surface area contributed by atoms with E-state index < -0.39 is 0 Å². The molecule has 1 aromatic rings. The minimum absolute atomic E-state index is 0.193. The van der Waals surface area contributed by atoms with Crippen LogP contribution in [0.4, 0.5) is 0 Å². The highest BCUT2D eigenvalue weighted by Gasteiger charge is 2.47. The van der Waals surface area contributed by atoms with Crippen LogP contribution in [-0.4, -0.2) is 12.6 Å². The molecule has 2 aliphatic carbocycles. The first-order valence-electron chi connectivity index (χ1n) is 7.30. The summed E-state index contributed by atoms with van der Waals surface area (Å²) in [4.78, 5) is 0. The molecule has 0 amide bonds. The van der Waals surface area contributed by atoms with Crippen LogP contribution in [0, 0.1) is 5.92 Å². The highest BCUT2D eigenvalue weighted by atomic mass is 79.9. The Kier molecular flexibility index (Phi) is 3.61. The molecule has 0 aromatic heterocycles. The van der Waals surface area contributed by atoms with Crippen molar-refractivity contribution in [2.45, 2.75) is 50.5 Å². The third-order valence-electron chi connectivity index (χ3n) is 4.82. The van der Waals surface area contributed by atoms with Crippen molar-refractivity contribution >= 4 is 15.9 Å². The summed E-state index contributed by atoms with van der Waals surface area (Å²) in [6.45, 7) is 2.98. The zero-order valence-electron chi connectivity index (χ0n) is 11.5. The molecule has 3 rings (SSSR count). The molecule has 2 saturated carbocycles. The Morgan fingerprint density at radius 3 is 2.63 bits per heavy atom. The number of nitrogens with two attached hydrogens (primary N) is 1. The van der Waals surface area contributed by atoms with Crippen LogP contribution < -0.4 is 10.5 Å². The van der Waals surface area contributed by atoms with Crippen molar-refractivity contribution in [3.8, 4) is 5.75 Å². The van der Waals surface area contributed by atoms with E-state index >= 15 is 0 Å². The number of ether oxygens (including phenoxy) is 1. The topological polar surface area (TPSA) is 35.2 Å². The molecule has 2 aliphatic rings. The van der Waals surface area contributed by atoms with Crippen molar-refractivity contribution < 1.29 is 4.74 Å². The van der Waals surface area contributed by atoms with Crippen molar-refractivity contribution in [3.63, 3.8) is 0 Å². The molecule has 1 atom stereocenters. The van der Waals surface area contributed by atoms with E-state index in [0.29, 0.717) is 0 Å².